The summed E-state index contributed by atoms with van der Waals surface area (Å²) in [5, 5.41) is 9.14. The van der Waals surface area contributed by atoms with Crippen LogP contribution in [0, 0.1) is 11.8 Å². The molecular formula is C29H48N6O6S. The maximum atomic E-state index is 13.7. The lowest BCUT2D eigenvalue weighted by molar-refractivity contribution is -0.200. The Kier molecular flexibility index (Phi) is 14.9. The number of likely N-dealkylation sites (N-methyl/N-ethyl adjacent to an activating group) is 1. The highest BCUT2D eigenvalue weighted by atomic mass is 32.1. The van der Waals surface area contributed by atoms with Gasteiger partial charge in [0.1, 0.15) is 11.7 Å². The van der Waals surface area contributed by atoms with Crippen LogP contribution in [0.4, 0.5) is 0 Å². The molecule has 0 spiro atoms. The van der Waals surface area contributed by atoms with E-state index in [4.69, 9.17) is 10.6 Å². The number of hydrogen-bond donors (Lipinski definition) is 3. The van der Waals surface area contributed by atoms with E-state index in [0.29, 0.717) is 43.7 Å². The summed E-state index contributed by atoms with van der Waals surface area (Å²) in [5.74, 6) is -2.41. The molecule has 13 heteroatoms. The normalized spacial score (nSPS) is 17.5. The van der Waals surface area contributed by atoms with Gasteiger partial charge in [-0.05, 0) is 51.6 Å². The zero-order valence-corrected chi connectivity index (χ0v) is 26.5. The second-order valence-corrected chi connectivity index (χ2v) is 12.0. The number of aryl methyl sites for hydroxylation is 1. The summed E-state index contributed by atoms with van der Waals surface area (Å²) in [6.07, 6.45) is 5.45. The van der Waals surface area contributed by atoms with Crippen LogP contribution < -0.4 is 16.4 Å². The third-order valence-corrected chi connectivity index (χ3v) is 8.56. The lowest BCUT2D eigenvalue weighted by atomic mass is 9.96. The number of nitrogens with two attached hydrogens (primary N) is 1. The number of likely N-dealkylation sites (tertiary alicyclic amines) is 1. The van der Waals surface area contributed by atoms with Gasteiger partial charge in [-0.2, -0.15) is 5.06 Å². The Morgan fingerprint density at radius 2 is 1.95 bits per heavy atom. The molecule has 1 aliphatic rings. The number of aromatic nitrogens is 1. The van der Waals surface area contributed by atoms with E-state index < -0.39 is 23.8 Å². The van der Waals surface area contributed by atoms with Gasteiger partial charge in [-0.15, -0.1) is 11.3 Å². The minimum absolute atomic E-state index is 0.118. The first-order valence-corrected chi connectivity index (χ1v) is 15.9. The van der Waals surface area contributed by atoms with Crippen molar-refractivity contribution in [2.24, 2.45) is 17.6 Å². The molecule has 42 heavy (non-hydrogen) atoms. The molecule has 1 aromatic heterocycles. The SMILES string of the molecule is CCCC(=O)ON(CCCc1nc(C(=O)NCC[C@H](C)C(N)=O)cs1)C(=O)[C@@H](NC(=O)[C@H]1CCCCN1C)C(C)CC. The van der Waals surface area contributed by atoms with Gasteiger partial charge in [-0.1, -0.05) is 40.5 Å². The first kappa shape index (κ1) is 35.1. The van der Waals surface area contributed by atoms with Crippen LogP contribution in [0.2, 0.25) is 0 Å². The number of hydrogen-bond acceptors (Lipinski definition) is 9. The molecule has 1 aliphatic heterocycles. The standard InChI is InChI=1S/C29H48N6O6S/c1-6-11-24(36)41-35(29(40)25(19(3)7-2)33-28(39)22-12-8-9-16-34(22)5)17-10-13-23-32-21(18-42-23)27(38)31-15-14-20(4)26(30)37/h18-20,22,25H,6-17H2,1-5H3,(H2,30,37)(H,31,38)(H,33,39)/t19?,20-,22+,25-/m0/s1. The van der Waals surface area contributed by atoms with Crippen LogP contribution in [0.3, 0.4) is 0 Å². The molecule has 0 aliphatic carbocycles. The smallest absolute Gasteiger partial charge is 0.332 e. The fraction of sp³-hybridized carbons (Fsp3) is 0.724. The van der Waals surface area contributed by atoms with Gasteiger partial charge in [0.05, 0.1) is 17.6 Å². The summed E-state index contributed by atoms with van der Waals surface area (Å²) < 4.78 is 0. The van der Waals surface area contributed by atoms with E-state index in [1.807, 2.05) is 32.7 Å². The first-order valence-electron chi connectivity index (χ1n) is 15.0. The van der Waals surface area contributed by atoms with Crippen LogP contribution >= 0.6 is 11.3 Å². The molecule has 0 radical (unpaired) electrons. The minimum Gasteiger partial charge on any atom is -0.369 e. The van der Waals surface area contributed by atoms with Gasteiger partial charge in [0, 0.05) is 30.7 Å². The van der Waals surface area contributed by atoms with Crippen LogP contribution in [-0.4, -0.2) is 83.3 Å². The monoisotopic (exact) mass is 608 g/mol. The summed E-state index contributed by atoms with van der Waals surface area (Å²) in [6, 6.07) is -1.13. The summed E-state index contributed by atoms with van der Waals surface area (Å²) in [6.45, 7) is 8.66. The van der Waals surface area contributed by atoms with Gasteiger partial charge in [-0.3, -0.25) is 24.1 Å². The quantitative estimate of drug-likeness (QED) is 0.241. The van der Waals surface area contributed by atoms with Crippen molar-refractivity contribution in [2.45, 2.75) is 97.6 Å². The number of amides is 4. The molecule has 1 fully saturated rings. The lowest BCUT2D eigenvalue weighted by Gasteiger charge is -2.34. The van der Waals surface area contributed by atoms with Crippen molar-refractivity contribution in [2.75, 3.05) is 26.7 Å². The number of carbonyl (C=O) groups is 5. The molecule has 1 unspecified atom stereocenters. The molecule has 4 atom stereocenters. The van der Waals surface area contributed by atoms with E-state index in [-0.39, 0.29) is 48.4 Å². The van der Waals surface area contributed by atoms with Crippen molar-refractivity contribution in [1.29, 1.82) is 0 Å². The zero-order valence-electron chi connectivity index (χ0n) is 25.6. The van der Waals surface area contributed by atoms with Crippen molar-refractivity contribution >= 4 is 40.9 Å². The summed E-state index contributed by atoms with van der Waals surface area (Å²) in [7, 11) is 1.92. The second-order valence-electron chi connectivity index (χ2n) is 11.1. The van der Waals surface area contributed by atoms with Crippen LogP contribution in [0.5, 0.6) is 0 Å². The maximum Gasteiger partial charge on any atom is 0.332 e. The van der Waals surface area contributed by atoms with Gasteiger partial charge >= 0.3 is 5.97 Å². The molecule has 236 valence electrons. The van der Waals surface area contributed by atoms with Crippen molar-refractivity contribution in [3.05, 3.63) is 16.1 Å². The van der Waals surface area contributed by atoms with E-state index >= 15 is 0 Å². The van der Waals surface area contributed by atoms with E-state index in [2.05, 4.69) is 15.6 Å². The number of piperidine rings is 1. The predicted molar refractivity (Wildman–Crippen MR) is 160 cm³/mol. The number of hydroxylamine groups is 2. The van der Waals surface area contributed by atoms with Gasteiger partial charge in [0.15, 0.2) is 0 Å². The van der Waals surface area contributed by atoms with Crippen LogP contribution in [0.15, 0.2) is 5.38 Å². The average molecular weight is 609 g/mol. The Morgan fingerprint density at radius 1 is 1.21 bits per heavy atom. The maximum absolute atomic E-state index is 13.7. The topological polar surface area (TPSA) is 164 Å². The molecule has 2 heterocycles. The molecule has 1 aromatic rings. The molecule has 0 aromatic carbocycles. The van der Waals surface area contributed by atoms with E-state index in [1.165, 1.54) is 11.3 Å². The highest BCUT2D eigenvalue weighted by molar-refractivity contribution is 7.09. The fourth-order valence-electron chi connectivity index (χ4n) is 4.61. The fourth-order valence-corrected chi connectivity index (χ4v) is 5.43. The number of nitrogens with zero attached hydrogens (tertiary/aromatic N) is 3. The summed E-state index contributed by atoms with van der Waals surface area (Å²) in [5.41, 5.74) is 5.53. The molecule has 12 nitrogen and oxygen atoms in total. The molecule has 2 rings (SSSR count). The third kappa shape index (κ3) is 11.0. The highest BCUT2D eigenvalue weighted by Gasteiger charge is 2.35. The largest absolute Gasteiger partial charge is 0.369 e. The first-order chi connectivity index (χ1) is 20.0. The van der Waals surface area contributed by atoms with Gasteiger partial charge in [0.25, 0.3) is 11.8 Å². The Balaban J connectivity index is 2.04. The average Bonchev–Trinajstić information content (AvgIpc) is 3.43. The Bertz CT molecular complexity index is 1070. The second kappa shape index (κ2) is 17.8. The van der Waals surface area contributed by atoms with Crippen molar-refractivity contribution in [3.63, 3.8) is 0 Å². The predicted octanol–water partition coefficient (Wildman–Crippen LogP) is 2.42. The molecule has 4 amide bonds. The third-order valence-electron chi connectivity index (χ3n) is 7.65. The van der Waals surface area contributed by atoms with Gasteiger partial charge in [0.2, 0.25) is 11.8 Å². The van der Waals surface area contributed by atoms with Crippen molar-refractivity contribution in [1.82, 2.24) is 25.6 Å². The number of rotatable bonds is 16. The number of thiazole rings is 1. The highest BCUT2D eigenvalue weighted by Crippen LogP contribution is 2.19. The minimum atomic E-state index is -0.834. The van der Waals surface area contributed by atoms with Gasteiger partial charge < -0.3 is 21.2 Å². The summed E-state index contributed by atoms with van der Waals surface area (Å²) >= 11 is 1.32. The van der Waals surface area contributed by atoms with Crippen molar-refractivity contribution < 1.29 is 28.8 Å². The molecule has 0 bridgehead atoms. The van der Waals surface area contributed by atoms with Crippen LogP contribution in [0.25, 0.3) is 0 Å². The van der Waals surface area contributed by atoms with E-state index in [0.717, 1.165) is 30.9 Å². The Hall–Kier alpha value is -3.06. The lowest BCUT2D eigenvalue weighted by Crippen LogP contribution is -2.57. The number of primary amides is 1. The summed E-state index contributed by atoms with van der Waals surface area (Å²) in [4.78, 5) is 74.8. The van der Waals surface area contributed by atoms with Crippen LogP contribution in [0.1, 0.15) is 94.6 Å². The molecular weight excluding hydrogens is 560 g/mol. The molecule has 0 saturated carbocycles. The Morgan fingerprint density at radius 3 is 2.60 bits per heavy atom. The van der Waals surface area contributed by atoms with Gasteiger partial charge in [-0.25, -0.2) is 9.78 Å². The number of carbonyl (C=O) groups excluding carboxylic acids is 5. The Labute approximate surface area is 253 Å². The van der Waals surface area contributed by atoms with E-state index in [9.17, 15) is 24.0 Å². The van der Waals surface area contributed by atoms with Crippen LogP contribution in [-0.2, 0) is 30.4 Å². The number of nitrogens with one attached hydrogen (secondary N) is 2. The molecule has 1 saturated heterocycles. The van der Waals surface area contributed by atoms with E-state index in [1.54, 1.807) is 12.3 Å². The zero-order chi connectivity index (χ0) is 31.2. The van der Waals surface area contributed by atoms with Crippen molar-refractivity contribution in [3.8, 4) is 0 Å². The molecule has 4 N–H and O–H groups in total.